The van der Waals surface area contributed by atoms with Crippen LogP contribution in [0.25, 0.3) is 0 Å². The van der Waals surface area contributed by atoms with Crippen molar-refractivity contribution >= 4 is 24.3 Å². The van der Waals surface area contributed by atoms with E-state index in [1.54, 1.807) is 0 Å². The predicted octanol–water partition coefficient (Wildman–Crippen LogP) is 9.95. The van der Waals surface area contributed by atoms with E-state index in [0.717, 1.165) is 12.8 Å². The second-order valence-electron chi connectivity index (χ2n) is 9.97. The Morgan fingerprint density at radius 2 is 1.16 bits per heavy atom. The Bertz CT molecular complexity index is 488. The number of hydrogen-bond donors (Lipinski definition) is 0. The molecule has 0 saturated heterocycles. The van der Waals surface area contributed by atoms with E-state index in [2.05, 4.69) is 38.4 Å². The van der Waals surface area contributed by atoms with E-state index in [1.807, 2.05) is 0 Å². The summed E-state index contributed by atoms with van der Waals surface area (Å²) in [7, 11) is 1.47. The van der Waals surface area contributed by atoms with Crippen LogP contribution in [0, 0.1) is 0 Å². The molecule has 0 saturated carbocycles. The Morgan fingerprint density at radius 1 is 0.719 bits per heavy atom. The van der Waals surface area contributed by atoms with Gasteiger partial charge in [0.25, 0.3) is 0 Å². The first kappa shape index (κ1) is 31.7. The topological polar surface area (TPSA) is 26.3 Å². The summed E-state index contributed by atoms with van der Waals surface area (Å²) in [6, 6.07) is 0. The number of hydrogen-bond acceptors (Lipinski definition) is 2. The molecule has 0 aromatic heterocycles. The summed E-state index contributed by atoms with van der Waals surface area (Å²) in [5.41, 5.74) is 2.16. The Balaban J connectivity index is 5.35. The molecule has 0 atom stereocenters. The van der Waals surface area contributed by atoms with Gasteiger partial charge in [-0.1, -0.05) is 0 Å². The fourth-order valence-corrected chi connectivity index (χ4v) is 20.4. The number of esters is 1. The fourth-order valence-electron chi connectivity index (χ4n) is 4.80. The van der Waals surface area contributed by atoms with Crippen molar-refractivity contribution in [1.29, 1.82) is 0 Å². The summed E-state index contributed by atoms with van der Waals surface area (Å²) in [5.74, 6) is -0.233. The number of methoxy groups -OCH3 is 1. The number of allylic oxidation sites excluding steroid dienone is 1. The van der Waals surface area contributed by atoms with Crippen molar-refractivity contribution in [3.05, 3.63) is 21.8 Å². The van der Waals surface area contributed by atoms with Crippen LogP contribution in [0.3, 0.4) is 0 Å². The predicted molar refractivity (Wildman–Crippen MR) is 146 cm³/mol. The molecule has 32 heavy (non-hydrogen) atoms. The van der Waals surface area contributed by atoms with Gasteiger partial charge >= 0.3 is 207 Å². The molecule has 2 nitrogen and oxygen atoms in total. The van der Waals surface area contributed by atoms with Crippen LogP contribution in [-0.2, 0) is 9.53 Å². The molecule has 0 aromatic carbocycles. The second kappa shape index (κ2) is 21.3. The third-order valence-corrected chi connectivity index (χ3v) is 21.3. The molecular weight excluding hydrogens is 499 g/mol. The van der Waals surface area contributed by atoms with Crippen LogP contribution in [0.5, 0.6) is 0 Å². The van der Waals surface area contributed by atoms with E-state index in [9.17, 15) is 4.79 Å². The minimum absolute atomic E-state index is 0.233. The monoisotopic (exact) mass is 556 g/mol. The van der Waals surface area contributed by atoms with Crippen LogP contribution in [0.1, 0.15) is 130 Å². The number of carbonyl (C=O) groups is 1. The third-order valence-electron chi connectivity index (χ3n) is 6.86. The summed E-state index contributed by atoms with van der Waals surface area (Å²) in [4.78, 5) is 12.1. The zero-order chi connectivity index (χ0) is 24.1. The van der Waals surface area contributed by atoms with Gasteiger partial charge in [-0.15, -0.1) is 0 Å². The molecule has 0 aromatic rings. The molecule has 0 unspecified atom stereocenters. The molecule has 188 valence electrons. The van der Waals surface area contributed by atoms with Gasteiger partial charge in [0.2, 0.25) is 0 Å². The molecule has 0 amide bonds. The van der Waals surface area contributed by atoms with E-state index >= 15 is 0 Å². The van der Waals surface area contributed by atoms with E-state index in [-0.39, 0.29) is 5.97 Å². The van der Waals surface area contributed by atoms with Crippen LogP contribution in [0.15, 0.2) is 21.8 Å². The van der Waals surface area contributed by atoms with Crippen LogP contribution in [0.2, 0.25) is 13.3 Å². The van der Waals surface area contributed by atoms with Crippen LogP contribution in [0.4, 0.5) is 0 Å². The van der Waals surface area contributed by atoms with E-state index < -0.39 is 18.4 Å². The normalized spacial score (nSPS) is 12.2. The zero-order valence-electron chi connectivity index (χ0n) is 22.5. The van der Waals surface area contributed by atoms with Crippen LogP contribution >= 0.6 is 0 Å². The second-order valence-corrected chi connectivity index (χ2v) is 22.9. The summed E-state index contributed by atoms with van der Waals surface area (Å²) < 4.78 is 12.3. The van der Waals surface area contributed by atoms with Gasteiger partial charge in [0.05, 0.1) is 0 Å². The summed E-state index contributed by atoms with van der Waals surface area (Å²) in [6.07, 6.45) is 20.7. The average Bonchev–Trinajstić information content (AvgIpc) is 2.80. The van der Waals surface area contributed by atoms with Crippen LogP contribution in [-0.4, -0.2) is 31.5 Å². The Hall–Kier alpha value is -0.251. The van der Waals surface area contributed by atoms with Crippen molar-refractivity contribution in [2.45, 2.75) is 144 Å². The van der Waals surface area contributed by atoms with Crippen molar-refractivity contribution in [3.8, 4) is 0 Å². The molecule has 3 heteroatoms. The van der Waals surface area contributed by atoms with Gasteiger partial charge in [-0.05, 0) is 0 Å². The van der Waals surface area contributed by atoms with Crippen LogP contribution < -0.4 is 0 Å². The van der Waals surface area contributed by atoms with Crippen molar-refractivity contribution in [3.63, 3.8) is 0 Å². The number of rotatable bonds is 22. The molecule has 0 aliphatic rings. The first-order chi connectivity index (χ1) is 15.5. The van der Waals surface area contributed by atoms with Gasteiger partial charge in [0.15, 0.2) is 0 Å². The first-order valence-corrected chi connectivity index (χ1v) is 21.6. The zero-order valence-corrected chi connectivity index (χ0v) is 25.4. The molecule has 0 aliphatic heterocycles. The van der Waals surface area contributed by atoms with Crippen molar-refractivity contribution in [2.75, 3.05) is 7.11 Å². The molecule has 0 bridgehead atoms. The van der Waals surface area contributed by atoms with Gasteiger partial charge in [0.1, 0.15) is 0 Å². The molecule has 0 fully saturated rings. The molecular formula is C29H56O2Sn. The summed E-state index contributed by atoms with van der Waals surface area (Å²) in [6.45, 7) is 13.4. The van der Waals surface area contributed by atoms with Gasteiger partial charge < -0.3 is 0 Å². The van der Waals surface area contributed by atoms with E-state index in [0.29, 0.717) is 5.57 Å². The number of carbonyl (C=O) groups excluding carboxylic acids is 1. The molecule has 0 spiro atoms. The Labute approximate surface area is 205 Å². The quantitative estimate of drug-likeness (QED) is 0.0575. The number of ether oxygens (including phenoxy) is 1. The van der Waals surface area contributed by atoms with Gasteiger partial charge in [0, 0.05) is 0 Å². The van der Waals surface area contributed by atoms with E-state index in [1.165, 1.54) is 116 Å². The summed E-state index contributed by atoms with van der Waals surface area (Å²) in [5, 5.41) is 0. The van der Waals surface area contributed by atoms with Crippen molar-refractivity contribution in [2.24, 2.45) is 0 Å². The Kier molecular flexibility index (Phi) is 21.1. The number of unbranched alkanes of at least 4 members (excludes halogenated alkanes) is 10. The maximum absolute atomic E-state index is 12.1. The molecule has 0 radical (unpaired) electrons. The average molecular weight is 555 g/mol. The first-order valence-electron chi connectivity index (χ1n) is 13.9. The van der Waals surface area contributed by atoms with Crippen molar-refractivity contribution < 1.29 is 9.53 Å². The van der Waals surface area contributed by atoms with Gasteiger partial charge in [-0.3, -0.25) is 0 Å². The molecule has 0 aliphatic carbocycles. The molecule has 0 N–H and O–H groups in total. The maximum atomic E-state index is 12.1. The van der Waals surface area contributed by atoms with E-state index in [4.69, 9.17) is 4.74 Å². The minimum atomic E-state index is -2.38. The molecule has 0 rings (SSSR count). The Morgan fingerprint density at radius 3 is 1.59 bits per heavy atom. The third kappa shape index (κ3) is 15.6. The SMILES string of the molecule is C=C(C/C(=[CH]/[Sn]([CH2]CCC)([CH2]CCC)[CH2]CCC)CCCCCCCCCC)C(=O)OC. The van der Waals surface area contributed by atoms with Gasteiger partial charge in [-0.25, -0.2) is 0 Å². The summed E-state index contributed by atoms with van der Waals surface area (Å²) >= 11 is -2.38. The fraction of sp³-hybridized carbons (Fsp3) is 0.828. The van der Waals surface area contributed by atoms with Gasteiger partial charge in [-0.2, -0.15) is 0 Å². The standard InChI is InChI=1S/C17H29O2.3C4H9.Sn/c1-5-6-7-8-9-10-11-12-13-15(2)14-16(3)17(18)19-4;3*1-3-4-2;/h2H,3,5-14H2,1,4H3;3*1,3-4H2,2H3;. The van der Waals surface area contributed by atoms with Crippen molar-refractivity contribution in [1.82, 2.24) is 0 Å². The molecule has 0 heterocycles.